The third-order valence-corrected chi connectivity index (χ3v) is 4.41. The number of hydrogen-bond donors (Lipinski definition) is 2. The first-order chi connectivity index (χ1) is 9.58. The van der Waals surface area contributed by atoms with Gasteiger partial charge in [-0.15, -0.1) is 0 Å². The molecule has 0 aromatic carbocycles. The smallest absolute Gasteiger partial charge is 0.220 e. The predicted molar refractivity (Wildman–Crippen MR) is 77.2 cm³/mol. The van der Waals surface area contributed by atoms with E-state index in [-0.39, 0.29) is 12.0 Å². The first-order valence-electron chi connectivity index (χ1n) is 7.50. The molecule has 1 aliphatic rings. The summed E-state index contributed by atoms with van der Waals surface area (Å²) in [5.41, 5.74) is 2.21. The van der Waals surface area contributed by atoms with E-state index in [9.17, 15) is 9.90 Å². The molecule has 0 radical (unpaired) electrons. The third-order valence-electron chi connectivity index (χ3n) is 4.41. The average Bonchev–Trinajstić information content (AvgIpc) is 3.06. The molecule has 1 aromatic rings. The first-order valence-corrected chi connectivity index (χ1v) is 7.50. The molecule has 112 valence electrons. The molecular weight excluding hydrogens is 254 g/mol. The summed E-state index contributed by atoms with van der Waals surface area (Å²) in [6, 6.07) is 0. The van der Waals surface area contributed by atoms with Gasteiger partial charge in [-0.2, -0.15) is 5.10 Å². The SMILES string of the molecule is Cc1c(CCC(=O)NCC(O)C2CCCC2)cnn1C. The van der Waals surface area contributed by atoms with Crippen LogP contribution in [0.25, 0.3) is 0 Å². The van der Waals surface area contributed by atoms with Gasteiger partial charge in [-0.05, 0) is 37.7 Å². The molecule has 0 saturated heterocycles. The molecule has 0 spiro atoms. The molecule has 0 bridgehead atoms. The molecule has 2 N–H and O–H groups in total. The van der Waals surface area contributed by atoms with Gasteiger partial charge in [0, 0.05) is 25.7 Å². The Labute approximate surface area is 120 Å². The number of rotatable bonds is 6. The van der Waals surface area contributed by atoms with Crippen molar-refractivity contribution < 1.29 is 9.90 Å². The van der Waals surface area contributed by atoms with E-state index < -0.39 is 0 Å². The van der Waals surface area contributed by atoms with E-state index in [1.807, 2.05) is 24.9 Å². The monoisotopic (exact) mass is 279 g/mol. The lowest BCUT2D eigenvalue weighted by atomic mass is 10.0. The zero-order valence-electron chi connectivity index (χ0n) is 12.4. The van der Waals surface area contributed by atoms with Gasteiger partial charge in [0.2, 0.25) is 5.91 Å². The summed E-state index contributed by atoms with van der Waals surface area (Å²) in [7, 11) is 1.90. The number of nitrogens with one attached hydrogen (secondary N) is 1. The lowest BCUT2D eigenvalue weighted by molar-refractivity contribution is -0.121. The van der Waals surface area contributed by atoms with E-state index in [1.165, 1.54) is 12.8 Å². The topological polar surface area (TPSA) is 67.2 Å². The number of nitrogens with zero attached hydrogens (tertiary/aromatic N) is 2. The van der Waals surface area contributed by atoms with Crippen molar-refractivity contribution >= 4 is 5.91 Å². The van der Waals surface area contributed by atoms with Crippen LogP contribution in [0.15, 0.2) is 6.20 Å². The molecule has 5 nitrogen and oxygen atoms in total. The Morgan fingerprint density at radius 3 is 2.85 bits per heavy atom. The second-order valence-electron chi connectivity index (χ2n) is 5.79. The number of aryl methyl sites for hydroxylation is 2. The van der Waals surface area contributed by atoms with Crippen molar-refractivity contribution in [1.82, 2.24) is 15.1 Å². The van der Waals surface area contributed by atoms with Gasteiger partial charge in [0.05, 0.1) is 12.3 Å². The van der Waals surface area contributed by atoms with Crippen molar-refractivity contribution in [1.29, 1.82) is 0 Å². The molecule has 2 rings (SSSR count). The van der Waals surface area contributed by atoms with Crippen LogP contribution in [-0.2, 0) is 18.3 Å². The molecule has 1 heterocycles. The van der Waals surface area contributed by atoms with Crippen molar-refractivity contribution in [3.05, 3.63) is 17.5 Å². The minimum atomic E-state index is -0.387. The molecule has 1 atom stereocenters. The van der Waals surface area contributed by atoms with Gasteiger partial charge in [0.1, 0.15) is 0 Å². The molecular formula is C15H25N3O2. The Morgan fingerprint density at radius 2 is 2.25 bits per heavy atom. The van der Waals surface area contributed by atoms with Crippen LogP contribution in [0, 0.1) is 12.8 Å². The molecule has 1 unspecified atom stereocenters. The predicted octanol–water partition coefficient (Wildman–Crippen LogP) is 1.33. The van der Waals surface area contributed by atoms with Crippen LogP contribution in [0.1, 0.15) is 43.4 Å². The number of aromatic nitrogens is 2. The van der Waals surface area contributed by atoms with Crippen molar-refractivity contribution in [2.75, 3.05) is 6.54 Å². The second kappa shape index (κ2) is 6.88. The van der Waals surface area contributed by atoms with Crippen molar-refractivity contribution in [3.8, 4) is 0 Å². The highest BCUT2D eigenvalue weighted by Crippen LogP contribution is 2.27. The minimum Gasteiger partial charge on any atom is -0.391 e. The highest BCUT2D eigenvalue weighted by Gasteiger charge is 2.23. The van der Waals surface area contributed by atoms with Gasteiger partial charge < -0.3 is 10.4 Å². The Hall–Kier alpha value is -1.36. The molecule has 1 aliphatic carbocycles. The van der Waals surface area contributed by atoms with E-state index in [1.54, 1.807) is 0 Å². The molecule has 20 heavy (non-hydrogen) atoms. The number of aliphatic hydroxyl groups excluding tert-OH is 1. The van der Waals surface area contributed by atoms with E-state index >= 15 is 0 Å². The fourth-order valence-electron chi connectivity index (χ4n) is 2.85. The maximum atomic E-state index is 11.8. The summed E-state index contributed by atoms with van der Waals surface area (Å²) in [5.74, 6) is 0.376. The fourth-order valence-corrected chi connectivity index (χ4v) is 2.85. The van der Waals surface area contributed by atoms with Crippen LogP contribution in [-0.4, -0.2) is 33.4 Å². The van der Waals surface area contributed by atoms with E-state index in [0.717, 1.165) is 24.1 Å². The third kappa shape index (κ3) is 3.82. The Kier molecular flexibility index (Phi) is 5.17. The summed E-state index contributed by atoms with van der Waals surface area (Å²) >= 11 is 0. The Bertz CT molecular complexity index is 450. The number of aliphatic hydroxyl groups is 1. The Balaban J connectivity index is 1.69. The quantitative estimate of drug-likeness (QED) is 0.825. The van der Waals surface area contributed by atoms with Gasteiger partial charge >= 0.3 is 0 Å². The summed E-state index contributed by atoms with van der Waals surface area (Å²) < 4.78 is 1.82. The zero-order valence-corrected chi connectivity index (χ0v) is 12.4. The largest absolute Gasteiger partial charge is 0.391 e. The Morgan fingerprint density at radius 1 is 1.55 bits per heavy atom. The number of carbonyl (C=O) groups excluding carboxylic acids is 1. The standard InChI is InChI=1S/C15H25N3O2/c1-11-13(9-17-18(11)2)7-8-15(20)16-10-14(19)12-5-3-4-6-12/h9,12,14,19H,3-8,10H2,1-2H3,(H,16,20). The summed E-state index contributed by atoms with van der Waals surface area (Å²) in [5, 5.41) is 17.0. The fraction of sp³-hybridized carbons (Fsp3) is 0.733. The summed E-state index contributed by atoms with van der Waals surface area (Å²) in [6.07, 6.45) is 7.16. The molecule has 0 aliphatic heterocycles. The second-order valence-corrected chi connectivity index (χ2v) is 5.79. The molecule has 1 saturated carbocycles. The van der Waals surface area contributed by atoms with Crippen LogP contribution in [0.5, 0.6) is 0 Å². The van der Waals surface area contributed by atoms with Crippen molar-refractivity contribution in [3.63, 3.8) is 0 Å². The highest BCUT2D eigenvalue weighted by molar-refractivity contribution is 5.76. The van der Waals surface area contributed by atoms with Crippen LogP contribution < -0.4 is 5.32 Å². The van der Waals surface area contributed by atoms with E-state index in [2.05, 4.69) is 10.4 Å². The highest BCUT2D eigenvalue weighted by atomic mass is 16.3. The summed E-state index contributed by atoms with van der Waals surface area (Å²) in [6.45, 7) is 2.39. The van der Waals surface area contributed by atoms with Gasteiger partial charge in [-0.3, -0.25) is 9.48 Å². The van der Waals surface area contributed by atoms with Crippen LogP contribution in [0.3, 0.4) is 0 Å². The van der Waals surface area contributed by atoms with Gasteiger partial charge in [-0.1, -0.05) is 12.8 Å². The van der Waals surface area contributed by atoms with E-state index in [4.69, 9.17) is 0 Å². The van der Waals surface area contributed by atoms with E-state index in [0.29, 0.717) is 25.3 Å². The number of carbonyl (C=O) groups is 1. The van der Waals surface area contributed by atoms with Gasteiger partial charge in [-0.25, -0.2) is 0 Å². The zero-order chi connectivity index (χ0) is 14.5. The number of hydrogen-bond acceptors (Lipinski definition) is 3. The lowest BCUT2D eigenvalue weighted by Crippen LogP contribution is -2.35. The molecule has 1 aromatic heterocycles. The first kappa shape index (κ1) is 15.0. The maximum Gasteiger partial charge on any atom is 0.220 e. The van der Waals surface area contributed by atoms with Crippen LogP contribution in [0.4, 0.5) is 0 Å². The molecule has 1 amide bonds. The van der Waals surface area contributed by atoms with Crippen LogP contribution in [0.2, 0.25) is 0 Å². The lowest BCUT2D eigenvalue weighted by Gasteiger charge is -2.18. The summed E-state index contributed by atoms with van der Waals surface area (Å²) in [4.78, 5) is 11.8. The van der Waals surface area contributed by atoms with Gasteiger partial charge in [0.15, 0.2) is 0 Å². The average molecular weight is 279 g/mol. The number of amides is 1. The maximum absolute atomic E-state index is 11.8. The van der Waals surface area contributed by atoms with Crippen LogP contribution >= 0.6 is 0 Å². The molecule has 5 heteroatoms. The van der Waals surface area contributed by atoms with Crippen molar-refractivity contribution in [2.45, 2.75) is 51.6 Å². The molecule has 1 fully saturated rings. The minimum absolute atomic E-state index is 0.00491. The van der Waals surface area contributed by atoms with Crippen molar-refractivity contribution in [2.24, 2.45) is 13.0 Å². The van der Waals surface area contributed by atoms with Gasteiger partial charge in [0.25, 0.3) is 0 Å². The normalized spacial score (nSPS) is 17.4.